The number of methoxy groups -OCH3 is 2. The number of anilines is 1. The first kappa shape index (κ1) is 20.0. The summed E-state index contributed by atoms with van der Waals surface area (Å²) < 4.78 is 10.5. The molecule has 1 heterocycles. The van der Waals surface area contributed by atoms with Crippen molar-refractivity contribution in [3.8, 4) is 11.5 Å². The average Bonchev–Trinajstić information content (AvgIpc) is 2.72. The van der Waals surface area contributed by atoms with Gasteiger partial charge in [-0.05, 0) is 43.3 Å². The fraction of sp³-hybridized carbons (Fsp3) is 0.333. The topological polar surface area (TPSA) is 59.1 Å². The van der Waals surface area contributed by atoms with Gasteiger partial charge < -0.3 is 19.3 Å². The predicted molar refractivity (Wildman–Crippen MR) is 109 cm³/mol. The van der Waals surface area contributed by atoms with E-state index < -0.39 is 0 Å². The number of ether oxygens (including phenoxy) is 2. The minimum atomic E-state index is -0.0885. The molecular weight excluding hydrogens is 380 g/mol. The lowest BCUT2D eigenvalue weighted by molar-refractivity contribution is 0.0746. The van der Waals surface area contributed by atoms with Gasteiger partial charge in [0.25, 0.3) is 5.91 Å². The highest BCUT2D eigenvalue weighted by Crippen LogP contribution is 2.36. The van der Waals surface area contributed by atoms with Crippen LogP contribution in [0.1, 0.15) is 27.6 Å². The van der Waals surface area contributed by atoms with Crippen LogP contribution in [0.2, 0.25) is 5.02 Å². The molecule has 1 aliphatic rings. The Morgan fingerprint density at radius 3 is 2.11 bits per heavy atom. The Bertz CT molecular complexity index is 875. The van der Waals surface area contributed by atoms with Gasteiger partial charge in [0.15, 0.2) is 17.3 Å². The number of Topliss-reactive ketones (excluding diaryl/α,β-unsaturated/α-hetero) is 1. The summed E-state index contributed by atoms with van der Waals surface area (Å²) in [5.41, 5.74) is 2.22. The van der Waals surface area contributed by atoms with E-state index in [0.29, 0.717) is 53.8 Å². The molecule has 1 fully saturated rings. The first-order valence-corrected chi connectivity index (χ1v) is 9.39. The molecule has 0 unspecified atom stereocenters. The molecule has 6 nitrogen and oxygen atoms in total. The Kier molecular flexibility index (Phi) is 6.09. The van der Waals surface area contributed by atoms with Gasteiger partial charge in [0, 0.05) is 43.0 Å². The standard InChI is InChI=1S/C21H23ClN2O4/c1-14(25)15-4-6-17(7-5-15)23-8-10-24(11-9-23)21(26)16-12-18(22)20(28-3)19(13-16)27-2/h4-7,12-13H,8-11H2,1-3H3. The van der Waals surface area contributed by atoms with Crippen molar-refractivity contribution in [1.82, 2.24) is 4.90 Å². The lowest BCUT2D eigenvalue weighted by Crippen LogP contribution is -2.48. The van der Waals surface area contributed by atoms with Crippen molar-refractivity contribution in [1.29, 1.82) is 0 Å². The summed E-state index contributed by atoms with van der Waals surface area (Å²) in [7, 11) is 3.02. The van der Waals surface area contributed by atoms with Gasteiger partial charge in [-0.2, -0.15) is 0 Å². The molecule has 3 rings (SSSR count). The quantitative estimate of drug-likeness (QED) is 0.716. The van der Waals surface area contributed by atoms with E-state index in [0.717, 1.165) is 5.69 Å². The monoisotopic (exact) mass is 402 g/mol. The van der Waals surface area contributed by atoms with Crippen LogP contribution in [0.4, 0.5) is 5.69 Å². The Morgan fingerprint density at radius 1 is 0.929 bits per heavy atom. The Morgan fingerprint density at radius 2 is 1.57 bits per heavy atom. The molecule has 1 amide bonds. The van der Waals surface area contributed by atoms with Gasteiger partial charge in [-0.1, -0.05) is 11.6 Å². The zero-order valence-electron chi connectivity index (χ0n) is 16.2. The molecule has 0 saturated carbocycles. The number of halogens is 1. The van der Waals surface area contributed by atoms with Gasteiger partial charge in [0.2, 0.25) is 0 Å². The third kappa shape index (κ3) is 4.07. The van der Waals surface area contributed by atoms with Crippen LogP contribution in [0.3, 0.4) is 0 Å². The summed E-state index contributed by atoms with van der Waals surface area (Å²) in [6, 6.07) is 10.8. The molecular formula is C21H23ClN2O4. The van der Waals surface area contributed by atoms with Gasteiger partial charge in [-0.25, -0.2) is 0 Å². The van der Waals surface area contributed by atoms with Crippen molar-refractivity contribution in [2.45, 2.75) is 6.92 Å². The maximum absolute atomic E-state index is 12.9. The second-order valence-corrected chi connectivity index (χ2v) is 6.98. The zero-order chi connectivity index (χ0) is 20.3. The largest absolute Gasteiger partial charge is 0.493 e. The summed E-state index contributed by atoms with van der Waals surface area (Å²) in [6.45, 7) is 4.18. The van der Waals surface area contributed by atoms with E-state index in [1.165, 1.54) is 14.2 Å². The molecule has 0 aromatic heterocycles. The van der Waals surface area contributed by atoms with Crippen molar-refractivity contribution in [3.63, 3.8) is 0 Å². The molecule has 148 valence electrons. The number of piperazine rings is 1. The first-order chi connectivity index (χ1) is 13.4. The molecule has 2 aromatic rings. The number of rotatable bonds is 5. The fourth-order valence-electron chi connectivity index (χ4n) is 3.30. The Hall–Kier alpha value is -2.73. The van der Waals surface area contributed by atoms with Gasteiger partial charge >= 0.3 is 0 Å². The van der Waals surface area contributed by atoms with E-state index in [9.17, 15) is 9.59 Å². The number of ketones is 1. The van der Waals surface area contributed by atoms with Crippen LogP contribution in [-0.2, 0) is 0 Å². The Balaban J connectivity index is 1.68. The zero-order valence-corrected chi connectivity index (χ0v) is 17.0. The maximum Gasteiger partial charge on any atom is 0.254 e. The maximum atomic E-state index is 12.9. The highest BCUT2D eigenvalue weighted by atomic mass is 35.5. The number of hydrogen-bond acceptors (Lipinski definition) is 5. The molecule has 1 saturated heterocycles. The van der Waals surface area contributed by atoms with Crippen molar-refractivity contribution < 1.29 is 19.1 Å². The Labute approximate surface area is 169 Å². The highest BCUT2D eigenvalue weighted by molar-refractivity contribution is 6.32. The molecule has 0 bridgehead atoms. The predicted octanol–water partition coefficient (Wildman–Crippen LogP) is 3.52. The number of nitrogens with zero attached hydrogens (tertiary/aromatic N) is 2. The minimum Gasteiger partial charge on any atom is -0.493 e. The van der Waals surface area contributed by atoms with Gasteiger partial charge in [0.05, 0.1) is 19.2 Å². The molecule has 0 N–H and O–H groups in total. The third-order valence-electron chi connectivity index (χ3n) is 4.89. The SMILES string of the molecule is COc1cc(C(=O)N2CCN(c3ccc(C(C)=O)cc3)CC2)cc(Cl)c1OC. The summed E-state index contributed by atoms with van der Waals surface area (Å²) in [5.74, 6) is 0.812. The molecule has 0 spiro atoms. The number of carbonyl (C=O) groups excluding carboxylic acids is 2. The van der Waals surface area contributed by atoms with Crippen LogP contribution in [0, 0.1) is 0 Å². The molecule has 28 heavy (non-hydrogen) atoms. The summed E-state index contributed by atoms with van der Waals surface area (Å²) in [6.07, 6.45) is 0. The van der Waals surface area contributed by atoms with Crippen LogP contribution >= 0.6 is 11.6 Å². The van der Waals surface area contributed by atoms with Crippen LogP contribution in [0.25, 0.3) is 0 Å². The minimum absolute atomic E-state index is 0.0514. The molecule has 0 aliphatic carbocycles. The van der Waals surface area contributed by atoms with E-state index >= 15 is 0 Å². The molecule has 2 aromatic carbocycles. The second-order valence-electron chi connectivity index (χ2n) is 6.58. The lowest BCUT2D eigenvalue weighted by Gasteiger charge is -2.36. The van der Waals surface area contributed by atoms with Crippen molar-refractivity contribution >= 4 is 29.0 Å². The average molecular weight is 403 g/mol. The first-order valence-electron chi connectivity index (χ1n) is 9.01. The van der Waals surface area contributed by atoms with Crippen molar-refractivity contribution in [2.24, 2.45) is 0 Å². The number of amides is 1. The molecule has 7 heteroatoms. The van der Waals surface area contributed by atoms with E-state index in [-0.39, 0.29) is 11.7 Å². The van der Waals surface area contributed by atoms with Gasteiger partial charge in [0.1, 0.15) is 0 Å². The van der Waals surface area contributed by atoms with Gasteiger partial charge in [-0.3, -0.25) is 9.59 Å². The van der Waals surface area contributed by atoms with Crippen molar-refractivity contribution in [3.05, 3.63) is 52.5 Å². The van der Waals surface area contributed by atoms with Crippen molar-refractivity contribution in [2.75, 3.05) is 45.3 Å². The van der Waals surface area contributed by atoms with Crippen LogP contribution in [-0.4, -0.2) is 57.0 Å². The van der Waals surface area contributed by atoms with Crippen LogP contribution < -0.4 is 14.4 Å². The summed E-state index contributed by atoms with van der Waals surface area (Å²) in [5, 5.41) is 0.342. The van der Waals surface area contributed by atoms with E-state index in [1.54, 1.807) is 24.0 Å². The highest BCUT2D eigenvalue weighted by Gasteiger charge is 2.24. The smallest absolute Gasteiger partial charge is 0.254 e. The number of benzene rings is 2. The number of carbonyl (C=O) groups is 2. The van der Waals surface area contributed by atoms with E-state index in [2.05, 4.69) is 4.90 Å². The molecule has 0 radical (unpaired) electrons. The fourth-order valence-corrected chi connectivity index (χ4v) is 3.59. The summed E-state index contributed by atoms with van der Waals surface area (Å²) in [4.78, 5) is 28.3. The third-order valence-corrected chi connectivity index (χ3v) is 5.17. The molecule has 0 atom stereocenters. The summed E-state index contributed by atoms with van der Waals surface area (Å²) >= 11 is 6.23. The van der Waals surface area contributed by atoms with Crippen LogP contribution in [0.15, 0.2) is 36.4 Å². The van der Waals surface area contributed by atoms with E-state index in [4.69, 9.17) is 21.1 Å². The van der Waals surface area contributed by atoms with Crippen LogP contribution in [0.5, 0.6) is 11.5 Å². The second kappa shape index (κ2) is 8.52. The van der Waals surface area contributed by atoms with E-state index in [1.807, 2.05) is 24.3 Å². The number of hydrogen-bond donors (Lipinski definition) is 0. The lowest BCUT2D eigenvalue weighted by atomic mass is 10.1. The normalized spacial score (nSPS) is 14.0. The molecule has 1 aliphatic heterocycles. The van der Waals surface area contributed by atoms with Gasteiger partial charge in [-0.15, -0.1) is 0 Å².